The highest BCUT2D eigenvalue weighted by Crippen LogP contribution is 2.35. The second kappa shape index (κ2) is 9.52. The fourth-order valence-corrected chi connectivity index (χ4v) is 3.99. The Morgan fingerprint density at radius 2 is 2.03 bits per heavy atom. The third-order valence-electron chi connectivity index (χ3n) is 5.81. The molecule has 1 aromatic carbocycles. The number of imidazole rings is 1. The van der Waals surface area contributed by atoms with Gasteiger partial charge in [0.2, 0.25) is 5.95 Å². The minimum atomic E-state index is -1.20. The predicted molar refractivity (Wildman–Crippen MR) is 122 cm³/mol. The Morgan fingerprint density at radius 3 is 2.64 bits per heavy atom. The fourth-order valence-electron chi connectivity index (χ4n) is 3.99. The molecule has 3 aromatic rings. The van der Waals surface area contributed by atoms with E-state index in [1.54, 1.807) is 13.8 Å². The average molecular weight is 504 g/mol. The number of aromatic amines is 1. The molecule has 192 valence electrons. The van der Waals surface area contributed by atoms with Crippen LogP contribution in [0.15, 0.2) is 35.4 Å². The molecule has 15 nitrogen and oxygen atoms in total. The lowest BCUT2D eigenvalue weighted by Crippen LogP contribution is -2.40. The predicted octanol–water partition coefficient (Wildman–Crippen LogP) is 0.972. The number of hydrogen-bond donors (Lipinski definition) is 3. The number of anilines is 1. The molecule has 3 heterocycles. The first-order chi connectivity index (χ1) is 17.1. The number of aliphatic hydroxyl groups excluding tert-OH is 1. The largest absolute Gasteiger partial charge is 0.509 e. The number of carbonyl (C=O) groups is 1. The van der Waals surface area contributed by atoms with Crippen LogP contribution < -0.4 is 11.3 Å². The maximum atomic E-state index is 12.7. The van der Waals surface area contributed by atoms with Gasteiger partial charge in [0.1, 0.15) is 17.8 Å². The molecule has 4 rings (SSSR count). The van der Waals surface area contributed by atoms with Crippen LogP contribution in [0.4, 0.5) is 16.4 Å². The van der Waals surface area contributed by atoms with Crippen LogP contribution >= 0.6 is 0 Å². The first kappa shape index (κ1) is 25.0. The molecule has 1 aliphatic heterocycles. The molecular weight excluding hydrogens is 480 g/mol. The molecule has 0 bridgehead atoms. The number of rotatable bonds is 7. The van der Waals surface area contributed by atoms with Gasteiger partial charge in [-0.3, -0.25) is 24.5 Å². The van der Waals surface area contributed by atoms with Crippen molar-refractivity contribution >= 4 is 29.0 Å². The highest BCUT2D eigenvalue weighted by atomic mass is 16.8. The van der Waals surface area contributed by atoms with Crippen molar-refractivity contribution in [1.29, 1.82) is 0 Å². The number of methoxy groups -OCH3 is 1. The van der Waals surface area contributed by atoms with E-state index in [9.17, 15) is 24.8 Å². The van der Waals surface area contributed by atoms with Crippen LogP contribution in [0.1, 0.15) is 25.6 Å². The number of nitrogens with two attached hydrogens (primary N) is 1. The number of nitrogens with zero attached hydrogens (tertiary/aromatic N) is 4. The van der Waals surface area contributed by atoms with Crippen molar-refractivity contribution < 1.29 is 33.8 Å². The van der Waals surface area contributed by atoms with Crippen LogP contribution in [0.3, 0.4) is 0 Å². The van der Waals surface area contributed by atoms with Gasteiger partial charge in [0.05, 0.1) is 17.9 Å². The van der Waals surface area contributed by atoms with Gasteiger partial charge in [0, 0.05) is 19.2 Å². The SMILES string of the molecule is COC1[C@@H](OC(=O)OC(C)(C)c2ccc([N+](=O)[O-])cc2)[C@@H](CO)O[C@H]1n1cnc2c(=O)[nH]c(N)nc21. The molecule has 0 saturated carbocycles. The van der Waals surface area contributed by atoms with Crippen molar-refractivity contribution in [3.8, 4) is 0 Å². The van der Waals surface area contributed by atoms with Crippen molar-refractivity contribution in [3.63, 3.8) is 0 Å². The van der Waals surface area contributed by atoms with E-state index < -0.39 is 53.4 Å². The summed E-state index contributed by atoms with van der Waals surface area (Å²) in [7, 11) is 1.36. The number of fused-ring (bicyclic) bond motifs is 1. The van der Waals surface area contributed by atoms with Crippen LogP contribution in [0.5, 0.6) is 0 Å². The number of carbonyl (C=O) groups excluding carboxylic acids is 1. The van der Waals surface area contributed by atoms with Gasteiger partial charge >= 0.3 is 6.16 Å². The second-order valence-corrected chi connectivity index (χ2v) is 8.47. The van der Waals surface area contributed by atoms with E-state index in [0.29, 0.717) is 5.56 Å². The molecule has 0 radical (unpaired) electrons. The quantitative estimate of drug-likeness (QED) is 0.234. The number of H-pyrrole nitrogens is 1. The zero-order valence-electron chi connectivity index (χ0n) is 19.5. The van der Waals surface area contributed by atoms with Crippen LogP contribution in [0.25, 0.3) is 11.2 Å². The fraction of sp³-hybridized carbons (Fsp3) is 0.429. The van der Waals surface area contributed by atoms with Crippen molar-refractivity contribution in [2.24, 2.45) is 0 Å². The summed E-state index contributed by atoms with van der Waals surface area (Å²) in [5.74, 6) is -0.134. The van der Waals surface area contributed by atoms with Crippen LogP contribution in [0, 0.1) is 10.1 Å². The lowest BCUT2D eigenvalue weighted by atomic mass is 9.98. The zero-order valence-corrected chi connectivity index (χ0v) is 19.5. The normalized spacial score (nSPS) is 22.0. The number of nitro groups is 1. The summed E-state index contributed by atoms with van der Waals surface area (Å²) in [6.07, 6.45) is -3.82. The molecular formula is C21H24N6O9. The van der Waals surface area contributed by atoms with E-state index in [-0.39, 0.29) is 22.8 Å². The van der Waals surface area contributed by atoms with Gasteiger partial charge in [-0.05, 0) is 31.5 Å². The minimum absolute atomic E-state index is 0.0110. The molecule has 2 aromatic heterocycles. The summed E-state index contributed by atoms with van der Waals surface area (Å²) in [5.41, 5.74) is 4.41. The highest BCUT2D eigenvalue weighted by Gasteiger charge is 2.49. The smallest absolute Gasteiger partial charge is 0.425 e. The molecule has 1 aliphatic rings. The third kappa shape index (κ3) is 4.58. The summed E-state index contributed by atoms with van der Waals surface area (Å²) in [4.78, 5) is 45.7. The number of hydrogen-bond acceptors (Lipinski definition) is 12. The van der Waals surface area contributed by atoms with Gasteiger partial charge in [0.15, 0.2) is 23.5 Å². The molecule has 1 saturated heterocycles. The van der Waals surface area contributed by atoms with Crippen molar-refractivity contribution in [2.45, 2.75) is 44.0 Å². The van der Waals surface area contributed by atoms with Crippen molar-refractivity contribution in [2.75, 3.05) is 19.5 Å². The molecule has 4 atom stereocenters. The first-order valence-corrected chi connectivity index (χ1v) is 10.7. The van der Waals surface area contributed by atoms with E-state index in [2.05, 4.69) is 15.0 Å². The summed E-state index contributed by atoms with van der Waals surface area (Å²) < 4.78 is 23.8. The van der Waals surface area contributed by atoms with E-state index in [1.165, 1.54) is 42.3 Å². The summed E-state index contributed by atoms with van der Waals surface area (Å²) in [5, 5.41) is 20.8. The molecule has 0 aliphatic carbocycles. The summed E-state index contributed by atoms with van der Waals surface area (Å²) in [6, 6.07) is 5.54. The van der Waals surface area contributed by atoms with Crippen molar-refractivity contribution in [3.05, 3.63) is 56.6 Å². The van der Waals surface area contributed by atoms with E-state index in [0.717, 1.165) is 0 Å². The van der Waals surface area contributed by atoms with Gasteiger partial charge in [-0.15, -0.1) is 0 Å². The van der Waals surface area contributed by atoms with E-state index in [4.69, 9.17) is 24.7 Å². The van der Waals surface area contributed by atoms with Gasteiger partial charge < -0.3 is 29.8 Å². The number of non-ortho nitro benzene ring substituents is 1. The molecule has 0 spiro atoms. The van der Waals surface area contributed by atoms with E-state index in [1.807, 2.05) is 0 Å². The summed E-state index contributed by atoms with van der Waals surface area (Å²) >= 11 is 0. The zero-order chi connectivity index (χ0) is 26.2. The minimum Gasteiger partial charge on any atom is -0.425 e. The van der Waals surface area contributed by atoms with Gasteiger partial charge in [-0.25, -0.2) is 9.78 Å². The molecule has 15 heteroatoms. The second-order valence-electron chi connectivity index (χ2n) is 8.47. The first-order valence-electron chi connectivity index (χ1n) is 10.7. The average Bonchev–Trinajstić information content (AvgIpc) is 3.39. The maximum absolute atomic E-state index is 12.7. The lowest BCUT2D eigenvalue weighted by Gasteiger charge is -2.28. The number of nitrogen functional groups attached to an aromatic ring is 1. The Labute approximate surface area is 202 Å². The van der Waals surface area contributed by atoms with E-state index >= 15 is 0 Å². The molecule has 0 amide bonds. The molecule has 1 fully saturated rings. The lowest BCUT2D eigenvalue weighted by molar-refractivity contribution is -0.384. The Balaban J connectivity index is 1.55. The van der Waals surface area contributed by atoms with Gasteiger partial charge in [0.25, 0.3) is 11.2 Å². The number of benzene rings is 1. The Kier molecular flexibility index (Phi) is 6.62. The Hall–Kier alpha value is -4.08. The summed E-state index contributed by atoms with van der Waals surface area (Å²) in [6.45, 7) is 2.65. The van der Waals surface area contributed by atoms with Crippen LogP contribution in [-0.2, 0) is 24.5 Å². The van der Waals surface area contributed by atoms with Crippen LogP contribution in [-0.4, -0.2) is 67.7 Å². The molecule has 4 N–H and O–H groups in total. The molecule has 36 heavy (non-hydrogen) atoms. The molecule has 1 unspecified atom stereocenters. The number of nitro benzene ring substituents is 1. The topological polar surface area (TPSA) is 207 Å². The Morgan fingerprint density at radius 1 is 1.33 bits per heavy atom. The van der Waals surface area contributed by atoms with Crippen LogP contribution in [0.2, 0.25) is 0 Å². The van der Waals surface area contributed by atoms with Gasteiger partial charge in [-0.2, -0.15) is 4.98 Å². The van der Waals surface area contributed by atoms with Crippen molar-refractivity contribution in [1.82, 2.24) is 19.5 Å². The third-order valence-corrected chi connectivity index (χ3v) is 5.81. The number of aromatic nitrogens is 4. The maximum Gasteiger partial charge on any atom is 0.509 e. The number of nitrogens with one attached hydrogen (secondary N) is 1. The van der Waals surface area contributed by atoms with Gasteiger partial charge in [-0.1, -0.05) is 0 Å². The number of ether oxygens (including phenoxy) is 4. The monoisotopic (exact) mass is 504 g/mol. The standard InChI is InChI=1S/C21H24N6O9/c1-21(2,10-4-6-11(7-5-10)27(31)32)36-20(30)35-14-12(8-28)34-18(15(14)33-3)26-9-23-13-16(26)24-19(22)25-17(13)29/h4-7,9,12,14-15,18,28H,8H2,1-3H3,(H3,22,24,25,29)/t12-,14+,15?,18-/m1/s1. The highest BCUT2D eigenvalue weighted by molar-refractivity contribution is 5.70. The number of aliphatic hydroxyl groups is 1. The Bertz CT molecular complexity index is 1340.